The van der Waals surface area contributed by atoms with Crippen molar-refractivity contribution in [2.75, 3.05) is 6.61 Å². The number of hydrogen-bond donors (Lipinski definition) is 1. The summed E-state index contributed by atoms with van der Waals surface area (Å²) in [4.78, 5) is 11.7. The van der Waals surface area contributed by atoms with E-state index >= 15 is 0 Å². The number of amides is 1. The molecule has 0 spiro atoms. The summed E-state index contributed by atoms with van der Waals surface area (Å²) in [6.07, 6.45) is 1.60. The number of rotatable bonds is 5. The van der Waals surface area contributed by atoms with Crippen molar-refractivity contribution < 1.29 is 9.53 Å². The van der Waals surface area contributed by atoms with E-state index in [2.05, 4.69) is 10.5 Å². The zero-order valence-corrected chi connectivity index (χ0v) is 14.1. The molecule has 2 rings (SSSR count). The van der Waals surface area contributed by atoms with Gasteiger partial charge in [0.15, 0.2) is 6.61 Å². The lowest BCUT2D eigenvalue weighted by atomic mass is 10.1. The van der Waals surface area contributed by atoms with Crippen LogP contribution in [-0.2, 0) is 4.79 Å². The standard InChI is InChI=1S/C18H19ClN2O2/c1-12-5-4-6-15(7-12)10-20-21-17(22)11-23-16-8-13(2)18(19)14(3)9-16/h4-10H,11H2,1-3H3,(H,21,22)/b20-10+. The van der Waals surface area contributed by atoms with Crippen molar-refractivity contribution in [3.63, 3.8) is 0 Å². The topological polar surface area (TPSA) is 50.7 Å². The molecular weight excluding hydrogens is 312 g/mol. The number of ether oxygens (including phenoxy) is 1. The number of nitrogens with zero attached hydrogens (tertiary/aromatic N) is 1. The largest absolute Gasteiger partial charge is 0.484 e. The Labute approximate surface area is 141 Å². The molecule has 0 bridgehead atoms. The molecule has 0 aromatic heterocycles. The zero-order chi connectivity index (χ0) is 16.8. The summed E-state index contributed by atoms with van der Waals surface area (Å²) in [5.74, 6) is 0.293. The molecule has 0 radical (unpaired) electrons. The Balaban J connectivity index is 1.86. The highest BCUT2D eigenvalue weighted by Crippen LogP contribution is 2.25. The van der Waals surface area contributed by atoms with E-state index in [4.69, 9.17) is 16.3 Å². The predicted molar refractivity (Wildman–Crippen MR) is 93.3 cm³/mol. The highest BCUT2D eigenvalue weighted by molar-refractivity contribution is 6.32. The van der Waals surface area contributed by atoms with Crippen LogP contribution < -0.4 is 10.2 Å². The van der Waals surface area contributed by atoms with Crippen molar-refractivity contribution in [1.82, 2.24) is 5.43 Å². The smallest absolute Gasteiger partial charge is 0.277 e. The number of hydrogen-bond acceptors (Lipinski definition) is 3. The van der Waals surface area contributed by atoms with E-state index in [9.17, 15) is 4.79 Å². The van der Waals surface area contributed by atoms with Crippen molar-refractivity contribution in [3.05, 3.63) is 63.7 Å². The molecule has 5 heteroatoms. The molecule has 1 amide bonds. The summed E-state index contributed by atoms with van der Waals surface area (Å²) in [5.41, 5.74) is 6.34. The van der Waals surface area contributed by atoms with Gasteiger partial charge in [-0.25, -0.2) is 5.43 Å². The van der Waals surface area contributed by atoms with Gasteiger partial charge in [-0.15, -0.1) is 0 Å². The van der Waals surface area contributed by atoms with Crippen molar-refractivity contribution in [2.24, 2.45) is 5.10 Å². The second-order valence-electron chi connectivity index (χ2n) is 5.37. The van der Waals surface area contributed by atoms with Crippen LogP contribution in [0.1, 0.15) is 22.3 Å². The van der Waals surface area contributed by atoms with Crippen molar-refractivity contribution >= 4 is 23.7 Å². The first-order valence-electron chi connectivity index (χ1n) is 7.24. The Bertz CT molecular complexity index is 719. The van der Waals surface area contributed by atoms with E-state index in [-0.39, 0.29) is 12.5 Å². The van der Waals surface area contributed by atoms with Gasteiger partial charge in [-0.2, -0.15) is 5.10 Å². The average molecular weight is 331 g/mol. The lowest BCUT2D eigenvalue weighted by molar-refractivity contribution is -0.123. The van der Waals surface area contributed by atoms with Gasteiger partial charge >= 0.3 is 0 Å². The Morgan fingerprint density at radius 2 is 1.91 bits per heavy atom. The molecule has 120 valence electrons. The maximum Gasteiger partial charge on any atom is 0.277 e. The first-order chi connectivity index (χ1) is 11.0. The average Bonchev–Trinajstić information content (AvgIpc) is 2.50. The van der Waals surface area contributed by atoms with Gasteiger partial charge in [0, 0.05) is 5.02 Å². The molecule has 0 aliphatic heterocycles. The van der Waals surface area contributed by atoms with Gasteiger partial charge in [-0.1, -0.05) is 41.4 Å². The maximum absolute atomic E-state index is 11.7. The highest BCUT2D eigenvalue weighted by atomic mass is 35.5. The van der Waals surface area contributed by atoms with Gasteiger partial charge in [0.05, 0.1) is 6.21 Å². The predicted octanol–water partition coefficient (Wildman–Crippen LogP) is 3.79. The van der Waals surface area contributed by atoms with Gasteiger partial charge in [0.1, 0.15) is 5.75 Å². The zero-order valence-electron chi connectivity index (χ0n) is 13.4. The summed E-state index contributed by atoms with van der Waals surface area (Å²) in [6.45, 7) is 5.69. The molecular formula is C18H19ClN2O2. The quantitative estimate of drug-likeness (QED) is 0.669. The van der Waals surface area contributed by atoms with Crippen molar-refractivity contribution in [3.8, 4) is 5.75 Å². The summed E-state index contributed by atoms with van der Waals surface area (Å²) in [6, 6.07) is 11.4. The van der Waals surface area contributed by atoms with Crippen LogP contribution in [0.3, 0.4) is 0 Å². The number of carbonyl (C=O) groups excluding carboxylic acids is 1. The number of nitrogens with one attached hydrogen (secondary N) is 1. The fourth-order valence-electron chi connectivity index (χ4n) is 2.10. The molecule has 2 aromatic carbocycles. The number of aryl methyl sites for hydroxylation is 3. The molecule has 0 saturated heterocycles. The van der Waals surface area contributed by atoms with Gasteiger partial charge < -0.3 is 4.74 Å². The van der Waals surface area contributed by atoms with Gasteiger partial charge in [0.2, 0.25) is 0 Å². The summed E-state index contributed by atoms with van der Waals surface area (Å²) in [5, 5.41) is 4.63. The fourth-order valence-corrected chi connectivity index (χ4v) is 2.21. The molecule has 0 unspecified atom stereocenters. The van der Waals surface area contributed by atoms with Gasteiger partial charge in [0.25, 0.3) is 5.91 Å². The summed E-state index contributed by atoms with van der Waals surface area (Å²) in [7, 11) is 0. The van der Waals surface area contributed by atoms with Crippen LogP contribution in [0.4, 0.5) is 0 Å². The first kappa shape index (κ1) is 17.0. The molecule has 4 nitrogen and oxygen atoms in total. The Hall–Kier alpha value is -2.33. The molecule has 0 atom stereocenters. The van der Waals surface area contributed by atoms with Crippen LogP contribution in [0, 0.1) is 20.8 Å². The van der Waals surface area contributed by atoms with E-state index in [1.54, 1.807) is 18.3 Å². The number of carbonyl (C=O) groups is 1. The third-order valence-electron chi connectivity index (χ3n) is 3.22. The van der Waals surface area contributed by atoms with E-state index in [1.807, 2.05) is 45.0 Å². The number of halogens is 1. The molecule has 0 aliphatic carbocycles. The van der Waals surface area contributed by atoms with E-state index in [0.29, 0.717) is 10.8 Å². The van der Waals surface area contributed by atoms with Crippen LogP contribution in [0.2, 0.25) is 5.02 Å². The summed E-state index contributed by atoms with van der Waals surface area (Å²) < 4.78 is 5.46. The lowest BCUT2D eigenvalue weighted by Gasteiger charge is -2.09. The second kappa shape index (κ2) is 7.79. The number of hydrazone groups is 1. The van der Waals surface area contributed by atoms with Gasteiger partial charge in [-0.3, -0.25) is 4.79 Å². The third kappa shape index (κ3) is 5.11. The molecule has 2 aromatic rings. The Morgan fingerprint density at radius 1 is 1.22 bits per heavy atom. The first-order valence-corrected chi connectivity index (χ1v) is 7.61. The third-order valence-corrected chi connectivity index (χ3v) is 3.82. The number of benzene rings is 2. The van der Waals surface area contributed by atoms with Crippen LogP contribution in [0.5, 0.6) is 5.75 Å². The SMILES string of the molecule is Cc1cccc(/C=N/NC(=O)COc2cc(C)c(Cl)c(C)c2)c1. The molecule has 1 N–H and O–H groups in total. The monoisotopic (exact) mass is 330 g/mol. The van der Waals surface area contributed by atoms with E-state index in [1.165, 1.54) is 0 Å². The summed E-state index contributed by atoms with van der Waals surface area (Å²) >= 11 is 6.10. The fraction of sp³-hybridized carbons (Fsp3) is 0.222. The Kier molecular flexibility index (Phi) is 5.77. The van der Waals surface area contributed by atoms with E-state index in [0.717, 1.165) is 22.3 Å². The van der Waals surface area contributed by atoms with Crippen LogP contribution >= 0.6 is 11.6 Å². The minimum atomic E-state index is -0.320. The second-order valence-corrected chi connectivity index (χ2v) is 5.75. The molecule has 23 heavy (non-hydrogen) atoms. The highest BCUT2D eigenvalue weighted by Gasteiger charge is 2.06. The minimum absolute atomic E-state index is 0.105. The molecule has 0 heterocycles. The van der Waals surface area contributed by atoms with E-state index < -0.39 is 0 Å². The molecule has 0 aliphatic rings. The van der Waals surface area contributed by atoms with Crippen LogP contribution in [0.15, 0.2) is 41.5 Å². The van der Waals surface area contributed by atoms with Crippen LogP contribution in [-0.4, -0.2) is 18.7 Å². The molecule has 0 fully saturated rings. The van der Waals surface area contributed by atoms with Gasteiger partial charge in [-0.05, 0) is 49.6 Å². The van der Waals surface area contributed by atoms with Crippen molar-refractivity contribution in [2.45, 2.75) is 20.8 Å². The lowest BCUT2D eigenvalue weighted by Crippen LogP contribution is -2.24. The normalized spacial score (nSPS) is 10.8. The Morgan fingerprint density at radius 3 is 2.57 bits per heavy atom. The maximum atomic E-state index is 11.7. The molecule has 0 saturated carbocycles. The van der Waals surface area contributed by atoms with Crippen LogP contribution in [0.25, 0.3) is 0 Å². The minimum Gasteiger partial charge on any atom is -0.484 e. The van der Waals surface area contributed by atoms with Crippen molar-refractivity contribution in [1.29, 1.82) is 0 Å².